The van der Waals surface area contributed by atoms with E-state index in [1.807, 2.05) is 36.4 Å². The molecule has 0 amide bonds. The minimum atomic E-state index is -0.356. The zero-order chi connectivity index (χ0) is 19.3. The number of fused-ring (bicyclic) bond motifs is 2. The average Bonchev–Trinajstić information content (AvgIpc) is 3.14. The second-order valence-electron chi connectivity index (χ2n) is 7.61. The first-order valence-corrected chi connectivity index (χ1v) is 9.56. The molecule has 1 saturated heterocycles. The summed E-state index contributed by atoms with van der Waals surface area (Å²) in [5, 5.41) is 4.43. The Hall–Kier alpha value is -2.99. The van der Waals surface area contributed by atoms with Crippen LogP contribution in [-0.4, -0.2) is 32.0 Å². The molecule has 5 rings (SSSR count). The molecule has 0 spiro atoms. The van der Waals surface area contributed by atoms with Gasteiger partial charge in [-0.1, -0.05) is 6.07 Å². The SMILES string of the molecule is C[C@@H]1CN(c2ccc3cc(-c4ccc5c(c4)OCO5)c(=O)oc3c2)C[C@H](C)N1. The van der Waals surface area contributed by atoms with Crippen LogP contribution in [0.25, 0.3) is 22.1 Å². The third kappa shape index (κ3) is 2.99. The van der Waals surface area contributed by atoms with Crippen molar-refractivity contribution < 1.29 is 13.9 Å². The van der Waals surface area contributed by atoms with E-state index in [0.29, 0.717) is 34.7 Å². The molecule has 0 radical (unpaired) electrons. The van der Waals surface area contributed by atoms with Crippen molar-refractivity contribution in [2.24, 2.45) is 0 Å². The van der Waals surface area contributed by atoms with E-state index in [0.717, 1.165) is 29.7 Å². The van der Waals surface area contributed by atoms with E-state index in [-0.39, 0.29) is 12.4 Å². The highest BCUT2D eigenvalue weighted by Gasteiger charge is 2.22. The number of rotatable bonds is 2. The van der Waals surface area contributed by atoms with E-state index in [1.54, 1.807) is 0 Å². The molecule has 2 aromatic carbocycles. The van der Waals surface area contributed by atoms with Crippen molar-refractivity contribution in [1.29, 1.82) is 0 Å². The Morgan fingerprint density at radius 2 is 1.75 bits per heavy atom. The van der Waals surface area contributed by atoms with Crippen LogP contribution in [0.2, 0.25) is 0 Å². The number of hydrogen-bond donors (Lipinski definition) is 1. The van der Waals surface area contributed by atoms with E-state index in [2.05, 4.69) is 30.1 Å². The Morgan fingerprint density at radius 3 is 2.57 bits per heavy atom. The van der Waals surface area contributed by atoms with Gasteiger partial charge < -0.3 is 24.1 Å². The molecule has 2 aliphatic heterocycles. The highest BCUT2D eigenvalue weighted by atomic mass is 16.7. The number of nitrogens with one attached hydrogen (secondary N) is 1. The van der Waals surface area contributed by atoms with Gasteiger partial charge in [-0.2, -0.15) is 0 Å². The van der Waals surface area contributed by atoms with Gasteiger partial charge in [0.15, 0.2) is 11.5 Å². The van der Waals surface area contributed by atoms with Gasteiger partial charge in [0.2, 0.25) is 6.79 Å². The second kappa shape index (κ2) is 6.56. The maximum Gasteiger partial charge on any atom is 0.344 e. The average molecular weight is 378 g/mol. The number of nitrogens with zero attached hydrogens (tertiary/aromatic N) is 1. The Bertz CT molecular complexity index is 1100. The molecule has 3 aromatic rings. The van der Waals surface area contributed by atoms with Crippen molar-refractivity contribution in [3.8, 4) is 22.6 Å². The largest absolute Gasteiger partial charge is 0.454 e. The predicted octanol–water partition coefficient (Wildman–Crippen LogP) is 3.38. The lowest BCUT2D eigenvalue weighted by Crippen LogP contribution is -2.54. The summed E-state index contributed by atoms with van der Waals surface area (Å²) in [5.41, 5.74) is 2.60. The molecule has 0 aliphatic carbocycles. The molecule has 0 unspecified atom stereocenters. The smallest absolute Gasteiger partial charge is 0.344 e. The molecule has 0 bridgehead atoms. The van der Waals surface area contributed by atoms with Crippen LogP contribution in [0.15, 0.2) is 51.7 Å². The normalized spacial score (nSPS) is 21.3. The zero-order valence-electron chi connectivity index (χ0n) is 15.9. The van der Waals surface area contributed by atoms with Crippen LogP contribution >= 0.6 is 0 Å². The van der Waals surface area contributed by atoms with Crippen molar-refractivity contribution in [3.63, 3.8) is 0 Å². The number of hydrogen-bond acceptors (Lipinski definition) is 6. The maximum atomic E-state index is 12.7. The summed E-state index contributed by atoms with van der Waals surface area (Å²) >= 11 is 0. The minimum absolute atomic E-state index is 0.206. The fraction of sp³-hybridized carbons (Fsp3) is 0.318. The number of piperazine rings is 1. The van der Waals surface area contributed by atoms with Gasteiger partial charge in [-0.15, -0.1) is 0 Å². The molecule has 144 valence electrons. The third-order valence-corrected chi connectivity index (χ3v) is 5.33. The summed E-state index contributed by atoms with van der Waals surface area (Å²) < 4.78 is 16.4. The van der Waals surface area contributed by atoms with Crippen molar-refractivity contribution in [1.82, 2.24) is 5.32 Å². The zero-order valence-corrected chi connectivity index (χ0v) is 15.9. The van der Waals surface area contributed by atoms with Crippen LogP contribution < -0.4 is 25.3 Å². The minimum Gasteiger partial charge on any atom is -0.454 e. The summed E-state index contributed by atoms with van der Waals surface area (Å²) in [7, 11) is 0. The van der Waals surface area contributed by atoms with Gasteiger partial charge in [-0.05, 0) is 49.7 Å². The molecular weight excluding hydrogens is 356 g/mol. The Balaban J connectivity index is 1.52. The van der Waals surface area contributed by atoms with Gasteiger partial charge in [0.1, 0.15) is 5.58 Å². The van der Waals surface area contributed by atoms with Crippen molar-refractivity contribution in [2.45, 2.75) is 25.9 Å². The first-order valence-electron chi connectivity index (χ1n) is 9.56. The first kappa shape index (κ1) is 17.1. The van der Waals surface area contributed by atoms with Crippen molar-refractivity contribution >= 4 is 16.7 Å². The van der Waals surface area contributed by atoms with E-state index < -0.39 is 0 Å². The van der Waals surface area contributed by atoms with Crippen LogP contribution in [0.4, 0.5) is 5.69 Å². The van der Waals surface area contributed by atoms with Crippen molar-refractivity contribution in [2.75, 3.05) is 24.8 Å². The predicted molar refractivity (Wildman–Crippen MR) is 108 cm³/mol. The van der Waals surface area contributed by atoms with Gasteiger partial charge in [0, 0.05) is 42.3 Å². The van der Waals surface area contributed by atoms with Crippen LogP contribution in [0, 0.1) is 0 Å². The van der Waals surface area contributed by atoms with Crippen LogP contribution in [0.5, 0.6) is 11.5 Å². The second-order valence-corrected chi connectivity index (χ2v) is 7.61. The van der Waals surface area contributed by atoms with E-state index in [4.69, 9.17) is 13.9 Å². The lowest BCUT2D eigenvalue weighted by molar-refractivity contribution is 0.174. The number of anilines is 1. The van der Waals surface area contributed by atoms with Gasteiger partial charge >= 0.3 is 5.63 Å². The van der Waals surface area contributed by atoms with E-state index in [1.165, 1.54) is 0 Å². The number of benzene rings is 2. The van der Waals surface area contributed by atoms with Crippen molar-refractivity contribution in [3.05, 3.63) is 52.9 Å². The Morgan fingerprint density at radius 1 is 0.964 bits per heavy atom. The number of ether oxygens (including phenoxy) is 2. The highest BCUT2D eigenvalue weighted by Crippen LogP contribution is 2.36. The summed E-state index contributed by atoms with van der Waals surface area (Å²) in [4.78, 5) is 15.0. The molecule has 2 atom stereocenters. The molecule has 2 aliphatic rings. The highest BCUT2D eigenvalue weighted by molar-refractivity contribution is 5.85. The molecule has 6 heteroatoms. The lowest BCUT2D eigenvalue weighted by Gasteiger charge is -2.37. The molecule has 28 heavy (non-hydrogen) atoms. The van der Waals surface area contributed by atoms with Crippen LogP contribution in [0.3, 0.4) is 0 Å². The molecule has 3 heterocycles. The summed E-state index contributed by atoms with van der Waals surface area (Å²) in [6.45, 7) is 6.42. The lowest BCUT2D eigenvalue weighted by atomic mass is 10.0. The molecule has 1 N–H and O–H groups in total. The molecule has 1 fully saturated rings. The fourth-order valence-corrected chi connectivity index (χ4v) is 4.10. The first-order chi connectivity index (χ1) is 13.6. The summed E-state index contributed by atoms with van der Waals surface area (Å²) in [5.74, 6) is 1.34. The Labute approximate surface area is 162 Å². The van der Waals surface area contributed by atoms with Gasteiger partial charge in [0.05, 0.1) is 5.56 Å². The third-order valence-electron chi connectivity index (χ3n) is 5.33. The molecule has 0 saturated carbocycles. The monoisotopic (exact) mass is 378 g/mol. The summed E-state index contributed by atoms with van der Waals surface area (Å²) in [6, 6.07) is 14.3. The maximum absolute atomic E-state index is 12.7. The standard InChI is InChI=1S/C22H22N2O4/c1-13-10-24(11-14(2)23-13)17-5-3-16-7-18(22(25)28-20(16)9-17)15-4-6-19-21(8-15)27-12-26-19/h3-9,13-14,23H,10-12H2,1-2H3/t13-,14+. The van der Waals surface area contributed by atoms with E-state index >= 15 is 0 Å². The topological polar surface area (TPSA) is 63.9 Å². The van der Waals surface area contributed by atoms with Crippen LogP contribution in [-0.2, 0) is 0 Å². The molecule has 6 nitrogen and oxygen atoms in total. The van der Waals surface area contributed by atoms with Gasteiger partial charge in [-0.3, -0.25) is 0 Å². The Kier molecular flexibility index (Phi) is 4.02. The molecule has 1 aromatic heterocycles. The summed E-state index contributed by atoms with van der Waals surface area (Å²) in [6.07, 6.45) is 0. The quantitative estimate of drug-likeness (QED) is 0.690. The molecular formula is C22H22N2O4. The van der Waals surface area contributed by atoms with Crippen LogP contribution in [0.1, 0.15) is 13.8 Å². The van der Waals surface area contributed by atoms with E-state index in [9.17, 15) is 4.79 Å². The fourth-order valence-electron chi connectivity index (χ4n) is 4.10. The van der Waals surface area contributed by atoms with Gasteiger partial charge in [-0.25, -0.2) is 4.79 Å². The van der Waals surface area contributed by atoms with Gasteiger partial charge in [0.25, 0.3) is 0 Å².